The second kappa shape index (κ2) is 10.9. The number of pyridine rings is 1. The largest absolute Gasteiger partial charge is 0.495 e. The van der Waals surface area contributed by atoms with Crippen molar-refractivity contribution in [1.29, 1.82) is 0 Å². The predicted octanol–water partition coefficient (Wildman–Crippen LogP) is 7.20. The first-order valence-corrected chi connectivity index (χ1v) is 13.8. The molecule has 216 valence electrons. The third kappa shape index (κ3) is 5.74. The van der Waals surface area contributed by atoms with E-state index < -0.39 is 42.9 Å². The van der Waals surface area contributed by atoms with Gasteiger partial charge in [-0.3, -0.25) is 10.3 Å². The number of nitrogens with zero attached hydrogens (tertiary/aromatic N) is 4. The fraction of sp³-hybridized carbons (Fsp3) is 0.250. The van der Waals surface area contributed by atoms with Gasteiger partial charge in [0.1, 0.15) is 28.8 Å². The molecule has 0 saturated heterocycles. The Morgan fingerprint density at radius 3 is 2.60 bits per heavy atom. The van der Waals surface area contributed by atoms with Gasteiger partial charge in [-0.15, -0.1) is 11.3 Å². The molecule has 3 heterocycles. The fourth-order valence-electron chi connectivity index (χ4n) is 4.68. The van der Waals surface area contributed by atoms with Gasteiger partial charge in [0.25, 0.3) is 5.92 Å². The third-order valence-electron chi connectivity index (χ3n) is 6.61. The van der Waals surface area contributed by atoms with E-state index in [1.165, 1.54) is 43.0 Å². The molecule has 6 rings (SSSR count). The second-order valence-electron chi connectivity index (χ2n) is 9.68. The van der Waals surface area contributed by atoms with E-state index in [1.807, 2.05) is 0 Å². The number of fused-ring (bicyclic) bond motifs is 2. The summed E-state index contributed by atoms with van der Waals surface area (Å²) in [6.45, 7) is 1.67. The SMILES string of the molecule is COc1cnc2c(-c3nc4cc(F)c(O[C@@H]5CC(F)(F)C[C@@H]5OC(=O)Nc5cnc(C)nc5)cc4s3)cc(Cl)cc2c1. The highest BCUT2D eigenvalue weighted by Gasteiger charge is 2.50. The number of hydrogen-bond acceptors (Lipinski definition) is 9. The predicted molar refractivity (Wildman–Crippen MR) is 151 cm³/mol. The summed E-state index contributed by atoms with van der Waals surface area (Å²) in [5, 5.41) is 4.11. The van der Waals surface area contributed by atoms with Crippen LogP contribution in [0.3, 0.4) is 0 Å². The van der Waals surface area contributed by atoms with Crippen LogP contribution in [-0.4, -0.2) is 51.3 Å². The van der Waals surface area contributed by atoms with Crippen LogP contribution in [0.25, 0.3) is 31.7 Å². The number of carbonyl (C=O) groups excluding carboxylic acids is 1. The van der Waals surface area contributed by atoms with Gasteiger partial charge in [0.2, 0.25) is 0 Å². The smallest absolute Gasteiger partial charge is 0.412 e. The average molecular weight is 616 g/mol. The van der Waals surface area contributed by atoms with Gasteiger partial charge in [0.05, 0.1) is 60.0 Å². The highest BCUT2D eigenvalue weighted by Crippen LogP contribution is 2.42. The second-order valence-corrected chi connectivity index (χ2v) is 11.1. The standard InChI is InChI=1S/C28H21ClF3N5O4S/c1-13-33-10-16(11-34-13)36-27(38)41-23-9-28(31,32)8-22(23)40-21-7-24-20(6-19(21)30)37-26(42-24)18-5-15(29)3-14-4-17(39-2)12-35-25(14)18/h3-7,10-12,22-23H,8-9H2,1-2H3,(H,36,38)/t22-,23+/m1/s1. The Bertz CT molecular complexity index is 1820. The van der Waals surface area contributed by atoms with Gasteiger partial charge in [-0.1, -0.05) is 11.6 Å². The van der Waals surface area contributed by atoms with E-state index >= 15 is 4.39 Å². The van der Waals surface area contributed by atoms with E-state index in [9.17, 15) is 13.6 Å². The number of aromatic nitrogens is 4. The maximum atomic E-state index is 15.2. The zero-order valence-corrected chi connectivity index (χ0v) is 23.6. The summed E-state index contributed by atoms with van der Waals surface area (Å²) in [6, 6.07) is 7.82. The average Bonchev–Trinajstić information content (AvgIpc) is 3.47. The van der Waals surface area contributed by atoms with Crippen molar-refractivity contribution in [3.8, 4) is 22.1 Å². The summed E-state index contributed by atoms with van der Waals surface area (Å²) >= 11 is 7.59. The van der Waals surface area contributed by atoms with E-state index in [1.54, 1.807) is 31.3 Å². The Hall–Kier alpha value is -4.23. The van der Waals surface area contributed by atoms with Crippen molar-refractivity contribution in [2.45, 2.75) is 37.9 Å². The van der Waals surface area contributed by atoms with Crippen LogP contribution in [0.5, 0.6) is 11.5 Å². The molecule has 3 aromatic heterocycles. The van der Waals surface area contributed by atoms with Crippen molar-refractivity contribution >= 4 is 55.8 Å². The normalized spacial score (nSPS) is 17.9. The molecule has 0 aliphatic heterocycles. The van der Waals surface area contributed by atoms with Crippen LogP contribution in [0.1, 0.15) is 18.7 Å². The maximum absolute atomic E-state index is 15.2. The van der Waals surface area contributed by atoms with Crippen LogP contribution in [0.15, 0.2) is 48.9 Å². The van der Waals surface area contributed by atoms with Crippen LogP contribution < -0.4 is 14.8 Å². The number of halogens is 4. The molecular formula is C28H21ClF3N5O4S. The fourth-order valence-corrected chi connectivity index (χ4v) is 5.90. The highest BCUT2D eigenvalue weighted by molar-refractivity contribution is 7.21. The Kier molecular flexibility index (Phi) is 7.23. The molecule has 14 heteroatoms. The Morgan fingerprint density at radius 2 is 1.83 bits per heavy atom. The van der Waals surface area contributed by atoms with E-state index in [0.717, 1.165) is 5.39 Å². The summed E-state index contributed by atoms with van der Waals surface area (Å²) < 4.78 is 60.7. The zero-order chi connectivity index (χ0) is 29.6. The van der Waals surface area contributed by atoms with E-state index in [4.69, 9.17) is 25.8 Å². The first kappa shape index (κ1) is 27.9. The third-order valence-corrected chi connectivity index (χ3v) is 7.88. The molecule has 0 radical (unpaired) electrons. The molecule has 0 unspecified atom stereocenters. The molecular weight excluding hydrogens is 595 g/mol. The van der Waals surface area contributed by atoms with Crippen LogP contribution in [0.2, 0.25) is 5.02 Å². The molecule has 1 aliphatic carbocycles. The van der Waals surface area contributed by atoms with Crippen molar-refractivity contribution in [2.24, 2.45) is 0 Å². The number of methoxy groups -OCH3 is 1. The van der Waals surface area contributed by atoms with Crippen molar-refractivity contribution in [3.05, 3.63) is 65.6 Å². The molecule has 1 saturated carbocycles. The van der Waals surface area contributed by atoms with Gasteiger partial charge in [-0.25, -0.2) is 32.9 Å². The Balaban J connectivity index is 1.26. The molecule has 2 aromatic carbocycles. The lowest BCUT2D eigenvalue weighted by atomic mass is 10.1. The number of thiazole rings is 1. The Morgan fingerprint density at radius 1 is 1.07 bits per heavy atom. The van der Waals surface area contributed by atoms with Crippen LogP contribution >= 0.6 is 22.9 Å². The highest BCUT2D eigenvalue weighted by atomic mass is 35.5. The topological polar surface area (TPSA) is 108 Å². The van der Waals surface area contributed by atoms with Gasteiger partial charge >= 0.3 is 6.09 Å². The number of alkyl halides is 2. The number of nitrogens with one attached hydrogen (secondary N) is 1. The molecule has 0 spiro atoms. The van der Waals surface area contributed by atoms with E-state index in [0.29, 0.717) is 42.9 Å². The summed E-state index contributed by atoms with van der Waals surface area (Å²) in [6.07, 6.45) is -0.862. The van der Waals surface area contributed by atoms with E-state index in [2.05, 4.69) is 25.3 Å². The summed E-state index contributed by atoms with van der Waals surface area (Å²) in [5.41, 5.74) is 1.83. The van der Waals surface area contributed by atoms with Crippen molar-refractivity contribution in [1.82, 2.24) is 19.9 Å². The van der Waals surface area contributed by atoms with Crippen molar-refractivity contribution in [3.63, 3.8) is 0 Å². The first-order valence-electron chi connectivity index (χ1n) is 12.6. The molecule has 9 nitrogen and oxygen atoms in total. The molecule has 1 aliphatic rings. The summed E-state index contributed by atoms with van der Waals surface area (Å²) in [4.78, 5) is 29.3. The molecule has 1 N–H and O–H groups in total. The number of hydrogen-bond donors (Lipinski definition) is 1. The summed E-state index contributed by atoms with van der Waals surface area (Å²) in [7, 11) is 1.53. The minimum atomic E-state index is -3.18. The maximum Gasteiger partial charge on any atom is 0.412 e. The lowest BCUT2D eigenvalue weighted by molar-refractivity contribution is -0.00574. The van der Waals surface area contributed by atoms with Gasteiger partial charge in [0, 0.05) is 28.1 Å². The number of ether oxygens (including phenoxy) is 3. The molecule has 1 amide bonds. The van der Waals surface area contributed by atoms with Gasteiger partial charge in [-0.2, -0.15) is 0 Å². The number of rotatable bonds is 6. The molecule has 0 bridgehead atoms. The number of amides is 1. The van der Waals surface area contributed by atoms with Gasteiger partial charge < -0.3 is 14.2 Å². The minimum absolute atomic E-state index is 0.229. The Labute approximate surface area is 245 Å². The monoisotopic (exact) mass is 615 g/mol. The van der Waals surface area contributed by atoms with Crippen molar-refractivity contribution in [2.75, 3.05) is 12.4 Å². The van der Waals surface area contributed by atoms with Gasteiger partial charge in [0.15, 0.2) is 11.6 Å². The molecule has 2 atom stereocenters. The quantitative estimate of drug-likeness (QED) is 0.214. The van der Waals surface area contributed by atoms with Gasteiger partial charge in [-0.05, 0) is 25.1 Å². The number of benzene rings is 2. The lowest BCUT2D eigenvalue weighted by Crippen LogP contribution is -2.32. The lowest BCUT2D eigenvalue weighted by Gasteiger charge is -2.21. The van der Waals surface area contributed by atoms with Crippen LogP contribution in [0.4, 0.5) is 23.7 Å². The number of carbonyl (C=O) groups is 1. The summed E-state index contributed by atoms with van der Waals surface area (Å²) in [5.74, 6) is -3.19. The van der Waals surface area contributed by atoms with Crippen LogP contribution in [-0.2, 0) is 4.74 Å². The van der Waals surface area contributed by atoms with E-state index in [-0.39, 0.29) is 11.4 Å². The zero-order valence-electron chi connectivity index (χ0n) is 22.0. The molecule has 1 fully saturated rings. The first-order chi connectivity index (χ1) is 20.1. The van der Waals surface area contributed by atoms with Crippen LogP contribution in [0, 0.1) is 12.7 Å². The number of aryl methyl sites for hydroxylation is 1. The van der Waals surface area contributed by atoms with Crippen molar-refractivity contribution < 1.29 is 32.2 Å². The molecule has 42 heavy (non-hydrogen) atoms. The number of anilines is 1. The molecule has 5 aromatic rings. The minimum Gasteiger partial charge on any atom is -0.495 e.